The minimum atomic E-state index is -0.532. The van der Waals surface area contributed by atoms with Crippen LogP contribution in [0.2, 0.25) is 0 Å². The fraction of sp³-hybridized carbons (Fsp3) is 0.556. The summed E-state index contributed by atoms with van der Waals surface area (Å²) < 4.78 is 10.5. The molecule has 1 amide bonds. The molecule has 10 heteroatoms. The van der Waals surface area contributed by atoms with Gasteiger partial charge in [-0.3, -0.25) is 9.59 Å². The molecule has 0 aliphatic rings. The molecule has 0 bridgehead atoms. The number of hydrogen-bond donors (Lipinski definition) is 2. The van der Waals surface area contributed by atoms with Crippen molar-refractivity contribution >= 4 is 46.1 Å². The zero-order valence-corrected chi connectivity index (χ0v) is 29.7. The van der Waals surface area contributed by atoms with Gasteiger partial charge in [-0.15, -0.1) is 0 Å². The molecule has 2 rings (SSSR count). The lowest BCUT2D eigenvalue weighted by molar-refractivity contribution is -0.114. The fourth-order valence-electron chi connectivity index (χ4n) is 3.19. The number of nitrogens with two attached hydrogens (primary N) is 1. The standard InChI is InChI=1S/C14H19NO3.C12H17NO2.C6H15N.C2H3ClO.2CH4/c1-9-6-7-11(8-12(9)15-10(2)16)13(17)18-14(3,4)5;1-8-5-6-9(7-10(8)13)11(14)15-12(2,3)4;1-4-7(5-2)6-3;1-2(3)4;;/h6-8H,1-5H3,(H,15,16);5-7H,13H2,1-4H3;4-6H2,1-3H3;1H3;2*1H4. The first kappa shape index (κ1) is 49.4. The first-order valence-corrected chi connectivity index (χ1v) is 15.0. The maximum Gasteiger partial charge on any atom is 0.338 e. The molecule has 0 atom stereocenters. The molecule has 0 aliphatic carbocycles. The van der Waals surface area contributed by atoms with Gasteiger partial charge in [0.1, 0.15) is 11.2 Å². The van der Waals surface area contributed by atoms with Gasteiger partial charge in [-0.1, -0.05) is 47.8 Å². The van der Waals surface area contributed by atoms with Gasteiger partial charge >= 0.3 is 11.9 Å². The molecule has 46 heavy (non-hydrogen) atoms. The number of amides is 1. The van der Waals surface area contributed by atoms with Crippen molar-refractivity contribution in [3.63, 3.8) is 0 Å². The van der Waals surface area contributed by atoms with Gasteiger partial charge < -0.3 is 25.4 Å². The second-order valence-corrected chi connectivity index (χ2v) is 12.4. The van der Waals surface area contributed by atoms with Crippen LogP contribution in [0.5, 0.6) is 0 Å². The SMILES string of the molecule is C.C.CC(=O)Cl.CC(=O)Nc1cc(C(=O)OC(C)(C)C)ccc1C.CCN(CC)CC.Cc1ccc(C(=O)OC(C)(C)C)cc1N. The van der Waals surface area contributed by atoms with E-state index in [2.05, 4.69) is 42.6 Å². The van der Waals surface area contributed by atoms with E-state index in [0.29, 0.717) is 22.5 Å². The van der Waals surface area contributed by atoms with Crippen molar-refractivity contribution in [1.29, 1.82) is 0 Å². The zero-order chi connectivity index (χ0) is 34.8. The highest BCUT2D eigenvalue weighted by molar-refractivity contribution is 6.62. The average Bonchev–Trinajstić information content (AvgIpc) is 2.86. The van der Waals surface area contributed by atoms with Gasteiger partial charge in [0.2, 0.25) is 11.1 Å². The van der Waals surface area contributed by atoms with Gasteiger partial charge in [-0.2, -0.15) is 0 Å². The summed E-state index contributed by atoms with van der Waals surface area (Å²) in [7, 11) is 0. The molecule has 9 nitrogen and oxygen atoms in total. The molecule has 0 radical (unpaired) electrons. The number of carbonyl (C=O) groups excluding carboxylic acids is 4. The molecule has 0 aliphatic heterocycles. The number of aryl methyl sites for hydroxylation is 2. The summed E-state index contributed by atoms with van der Waals surface area (Å²) in [5.41, 5.74) is 8.73. The highest BCUT2D eigenvalue weighted by Crippen LogP contribution is 2.20. The van der Waals surface area contributed by atoms with Crippen molar-refractivity contribution in [2.24, 2.45) is 0 Å². The number of benzene rings is 2. The normalized spacial score (nSPS) is 10.1. The molecule has 264 valence electrons. The number of nitrogens with one attached hydrogen (secondary N) is 1. The Morgan fingerprint density at radius 1 is 0.739 bits per heavy atom. The number of ether oxygens (including phenoxy) is 2. The number of nitrogens with zero attached hydrogens (tertiary/aromatic N) is 1. The van der Waals surface area contributed by atoms with Crippen molar-refractivity contribution in [2.45, 2.75) is 116 Å². The predicted octanol–water partition coefficient (Wildman–Crippen LogP) is 8.83. The molecule has 0 saturated heterocycles. The van der Waals surface area contributed by atoms with E-state index < -0.39 is 17.2 Å². The Morgan fingerprint density at radius 2 is 1.09 bits per heavy atom. The van der Waals surface area contributed by atoms with Crippen molar-refractivity contribution in [3.8, 4) is 0 Å². The smallest absolute Gasteiger partial charge is 0.338 e. The lowest BCUT2D eigenvalue weighted by atomic mass is 10.1. The van der Waals surface area contributed by atoms with Crippen molar-refractivity contribution in [3.05, 3.63) is 58.7 Å². The van der Waals surface area contributed by atoms with Gasteiger partial charge in [-0.05, 0) is 122 Å². The molecule has 0 heterocycles. The van der Waals surface area contributed by atoms with Crippen LogP contribution in [-0.4, -0.2) is 58.8 Å². The molecule has 3 N–H and O–H groups in total. The Morgan fingerprint density at radius 3 is 1.37 bits per heavy atom. The minimum absolute atomic E-state index is 0. The molecule has 0 saturated carbocycles. The quantitative estimate of drug-likeness (QED) is 0.178. The number of esters is 2. The summed E-state index contributed by atoms with van der Waals surface area (Å²) in [4.78, 5) is 46.2. The van der Waals surface area contributed by atoms with Gasteiger partial charge in [-0.25, -0.2) is 9.59 Å². The van der Waals surface area contributed by atoms with Crippen LogP contribution in [0.1, 0.15) is 123 Å². The molecule has 0 spiro atoms. The number of anilines is 2. The van der Waals surface area contributed by atoms with Crippen molar-refractivity contribution in [1.82, 2.24) is 4.90 Å². The van der Waals surface area contributed by atoms with E-state index in [4.69, 9.17) is 15.2 Å². The number of halogens is 1. The largest absolute Gasteiger partial charge is 0.456 e. The predicted molar refractivity (Wildman–Crippen MR) is 195 cm³/mol. The van der Waals surface area contributed by atoms with Gasteiger partial charge in [0, 0.05) is 25.2 Å². The van der Waals surface area contributed by atoms with E-state index >= 15 is 0 Å². The van der Waals surface area contributed by atoms with Crippen LogP contribution in [0.4, 0.5) is 11.4 Å². The minimum Gasteiger partial charge on any atom is -0.456 e. The number of nitrogen functional groups attached to an aromatic ring is 1. The molecular formula is C36H62ClN3O6. The Bertz CT molecular complexity index is 1200. The first-order valence-electron chi connectivity index (χ1n) is 14.7. The van der Waals surface area contributed by atoms with Crippen LogP contribution in [0, 0.1) is 13.8 Å². The Labute approximate surface area is 284 Å². The molecular weight excluding hydrogens is 606 g/mol. The lowest BCUT2D eigenvalue weighted by Gasteiger charge is -2.20. The lowest BCUT2D eigenvalue weighted by Crippen LogP contribution is -2.24. The average molecular weight is 668 g/mol. The second-order valence-electron chi connectivity index (χ2n) is 11.9. The molecule has 2 aromatic carbocycles. The van der Waals surface area contributed by atoms with Crippen LogP contribution in [0.15, 0.2) is 36.4 Å². The zero-order valence-electron chi connectivity index (χ0n) is 28.9. The number of hydrogen-bond acceptors (Lipinski definition) is 8. The van der Waals surface area contributed by atoms with Gasteiger partial charge in [0.05, 0.1) is 11.1 Å². The van der Waals surface area contributed by atoms with Crippen LogP contribution >= 0.6 is 11.6 Å². The van der Waals surface area contributed by atoms with E-state index in [1.54, 1.807) is 30.3 Å². The van der Waals surface area contributed by atoms with E-state index in [1.165, 1.54) is 33.5 Å². The molecule has 0 fully saturated rings. The third kappa shape index (κ3) is 24.8. The van der Waals surface area contributed by atoms with Gasteiger partial charge in [0.15, 0.2) is 0 Å². The molecule has 0 aromatic heterocycles. The third-order valence-electron chi connectivity index (χ3n) is 5.44. The van der Waals surface area contributed by atoms with E-state index in [0.717, 1.165) is 11.1 Å². The Hall–Kier alpha value is -3.43. The van der Waals surface area contributed by atoms with E-state index in [9.17, 15) is 19.2 Å². The second kappa shape index (κ2) is 23.8. The van der Waals surface area contributed by atoms with E-state index in [1.807, 2.05) is 61.5 Å². The van der Waals surface area contributed by atoms with Crippen molar-refractivity contribution in [2.75, 3.05) is 30.7 Å². The monoisotopic (exact) mass is 667 g/mol. The maximum atomic E-state index is 11.9. The maximum absolute atomic E-state index is 11.9. The van der Waals surface area contributed by atoms with Gasteiger partial charge in [0.25, 0.3) is 0 Å². The number of rotatable bonds is 6. The summed E-state index contributed by atoms with van der Waals surface area (Å²) in [6.45, 7) is 27.6. The van der Waals surface area contributed by atoms with Crippen LogP contribution in [0.3, 0.4) is 0 Å². The van der Waals surface area contributed by atoms with Crippen molar-refractivity contribution < 1.29 is 28.7 Å². The summed E-state index contributed by atoms with van der Waals surface area (Å²) in [5.74, 6) is -0.900. The Kier molecular flexibility index (Phi) is 25.6. The number of carbonyl (C=O) groups is 4. The van der Waals surface area contributed by atoms with Crippen LogP contribution in [-0.2, 0) is 19.1 Å². The molecule has 0 unspecified atom stereocenters. The highest BCUT2D eigenvalue weighted by atomic mass is 35.5. The van der Waals surface area contributed by atoms with Crippen LogP contribution < -0.4 is 11.1 Å². The Balaban J connectivity index is -0.000000284. The fourth-order valence-corrected chi connectivity index (χ4v) is 3.19. The van der Waals surface area contributed by atoms with E-state index in [-0.39, 0.29) is 32.0 Å². The third-order valence-corrected chi connectivity index (χ3v) is 5.44. The topological polar surface area (TPSA) is 128 Å². The first-order chi connectivity index (χ1) is 20.1. The summed E-state index contributed by atoms with van der Waals surface area (Å²) in [6, 6.07) is 10.3. The highest BCUT2D eigenvalue weighted by Gasteiger charge is 2.19. The summed E-state index contributed by atoms with van der Waals surface area (Å²) >= 11 is 4.64. The summed E-state index contributed by atoms with van der Waals surface area (Å²) in [5, 5.41) is 2.32. The summed E-state index contributed by atoms with van der Waals surface area (Å²) in [6.07, 6.45) is 0. The molecule has 2 aromatic rings. The van der Waals surface area contributed by atoms with Crippen LogP contribution in [0.25, 0.3) is 0 Å².